The SMILES string of the molecule is [C-]#[N+]/C(c1nc2ccccc2s1)=c1\c2c(-c3ccccc3-c3ccccc3)n(B(c3ccccc3)c3ccccc3)/c(=C(/C#N)c3nc4ccccc4s3)c2c(-c2ccc(OCCCS(=O)(=O)O)cc2)n1B(c1ccccc1)c1ccccc1. The minimum Gasteiger partial charge on any atom is -0.494 e. The van der Waals surface area contributed by atoms with Gasteiger partial charge in [0.2, 0.25) is 5.70 Å². The topological polar surface area (TPSA) is 127 Å². The van der Waals surface area contributed by atoms with Crippen LogP contribution in [-0.4, -0.2) is 57.9 Å². The van der Waals surface area contributed by atoms with Crippen LogP contribution in [0.1, 0.15) is 16.4 Å². The van der Waals surface area contributed by atoms with Crippen molar-refractivity contribution in [1.29, 1.82) is 5.26 Å². The molecule has 13 rings (SSSR count). The number of hydrogen-bond donors (Lipinski definition) is 1. The molecule has 84 heavy (non-hydrogen) atoms. The molecule has 0 aliphatic carbocycles. The van der Waals surface area contributed by atoms with E-state index in [4.69, 9.17) is 14.7 Å². The Bertz CT molecular complexity index is 4670. The standard InChI is InChI=1S/C69H48B2N6O4S3/c1-73-63(69-75-58-37-20-22-39-60(58)83-69)67-62-61(64(48-40-42-53(43-41-48)81-44-23-45-84(78,79)80)76(67)70(49-26-9-3-10-27-49)50-28-11-4-12-29-50)66(56(46-72)68-74-57-36-19-21-38-59(57)82-68)77(71(51-30-13-5-14-31-51)52-32-15-6-16-33-52)65(62)55-35-18-17-34-54(55)47-24-7-2-8-25-47/h2-22,24-43H,23,44-45H2,(H,78,79,80)/b66-56-,67-63+. The third kappa shape index (κ3) is 10.2. The first-order valence-corrected chi connectivity index (χ1v) is 30.6. The summed E-state index contributed by atoms with van der Waals surface area (Å²) in [5, 5.41) is 16.1. The molecule has 0 aliphatic heterocycles. The van der Waals surface area contributed by atoms with Crippen LogP contribution in [0.4, 0.5) is 0 Å². The molecule has 0 saturated carbocycles. The lowest BCUT2D eigenvalue weighted by atomic mass is 9.50. The lowest BCUT2D eigenvalue weighted by Gasteiger charge is -2.25. The Morgan fingerprint density at radius 1 is 0.536 bits per heavy atom. The molecule has 402 valence electrons. The van der Waals surface area contributed by atoms with E-state index in [9.17, 15) is 24.8 Å². The van der Waals surface area contributed by atoms with E-state index in [1.54, 1.807) is 0 Å². The van der Waals surface area contributed by atoms with Crippen LogP contribution in [-0.2, 0) is 10.1 Å². The van der Waals surface area contributed by atoms with Crippen LogP contribution in [0.3, 0.4) is 0 Å². The molecule has 0 saturated heterocycles. The predicted molar refractivity (Wildman–Crippen MR) is 345 cm³/mol. The zero-order valence-corrected chi connectivity index (χ0v) is 47.5. The maximum Gasteiger partial charge on any atom is 0.328 e. The number of nitrogens with zero attached hydrogens (tertiary/aromatic N) is 6. The van der Waals surface area contributed by atoms with E-state index in [0.717, 1.165) is 75.6 Å². The third-order valence-corrected chi connectivity index (χ3v) is 17.9. The molecule has 0 radical (unpaired) electrons. The zero-order valence-electron chi connectivity index (χ0n) is 45.0. The first kappa shape index (κ1) is 53.5. The van der Waals surface area contributed by atoms with Gasteiger partial charge < -0.3 is 13.7 Å². The number of nitriles is 1. The number of hydrogen-bond acceptors (Lipinski definition) is 8. The normalized spacial score (nSPS) is 12.2. The molecule has 15 heteroatoms. The molecular weight excluding hydrogens is 1090 g/mol. The quantitative estimate of drug-likeness (QED) is 0.0442. The van der Waals surface area contributed by atoms with Gasteiger partial charge in [0.05, 0.1) is 44.7 Å². The second kappa shape index (κ2) is 23.2. The van der Waals surface area contributed by atoms with Gasteiger partial charge in [-0.1, -0.05) is 222 Å². The molecule has 0 atom stereocenters. The number of rotatable bonds is 16. The minimum absolute atomic E-state index is 0.0414. The summed E-state index contributed by atoms with van der Waals surface area (Å²) >= 11 is 2.93. The van der Waals surface area contributed by atoms with Gasteiger partial charge in [0, 0.05) is 33.1 Å². The van der Waals surface area contributed by atoms with E-state index in [1.807, 2.05) is 164 Å². The average molecular weight is 1140 g/mol. The average Bonchev–Trinajstić information content (AvgIpc) is 2.26. The van der Waals surface area contributed by atoms with Crippen molar-refractivity contribution in [3.05, 3.63) is 281 Å². The van der Waals surface area contributed by atoms with Crippen LogP contribution < -0.4 is 37.3 Å². The monoisotopic (exact) mass is 1140 g/mol. The van der Waals surface area contributed by atoms with E-state index in [-0.39, 0.29) is 13.0 Å². The highest BCUT2D eigenvalue weighted by atomic mass is 32.2. The molecular formula is C69H48B2N6O4S3. The molecule has 4 heterocycles. The third-order valence-electron chi connectivity index (χ3n) is 15.0. The van der Waals surface area contributed by atoms with Crippen LogP contribution in [0, 0.1) is 17.9 Å². The molecule has 0 amide bonds. The first-order valence-electron chi connectivity index (χ1n) is 27.4. The van der Waals surface area contributed by atoms with Crippen molar-refractivity contribution in [2.45, 2.75) is 6.42 Å². The summed E-state index contributed by atoms with van der Waals surface area (Å²) in [4.78, 5) is 15.3. The second-order valence-electron chi connectivity index (χ2n) is 20.2. The minimum atomic E-state index is -4.20. The van der Waals surface area contributed by atoms with Gasteiger partial charge >= 0.3 is 13.7 Å². The smallest absolute Gasteiger partial charge is 0.328 e. The Morgan fingerprint density at radius 2 is 0.976 bits per heavy atom. The predicted octanol–water partition coefficient (Wildman–Crippen LogP) is 11.4. The van der Waals surface area contributed by atoms with Crippen molar-refractivity contribution < 1.29 is 17.7 Å². The molecule has 4 aromatic heterocycles. The highest BCUT2D eigenvalue weighted by Gasteiger charge is 2.38. The summed E-state index contributed by atoms with van der Waals surface area (Å²) in [6.45, 7) is 8.53. The van der Waals surface area contributed by atoms with Crippen molar-refractivity contribution in [2.75, 3.05) is 12.4 Å². The van der Waals surface area contributed by atoms with Crippen LogP contribution >= 0.6 is 22.7 Å². The Hall–Kier alpha value is -9.86. The van der Waals surface area contributed by atoms with Crippen LogP contribution in [0.25, 0.3) is 81.0 Å². The van der Waals surface area contributed by atoms with Gasteiger partial charge in [0.15, 0.2) is 0 Å². The van der Waals surface area contributed by atoms with Gasteiger partial charge in [-0.05, 0) is 71.6 Å². The van der Waals surface area contributed by atoms with Crippen molar-refractivity contribution in [3.63, 3.8) is 0 Å². The van der Waals surface area contributed by atoms with Crippen molar-refractivity contribution in [2.24, 2.45) is 0 Å². The van der Waals surface area contributed by atoms with Gasteiger partial charge in [-0.3, -0.25) is 4.55 Å². The van der Waals surface area contributed by atoms with Gasteiger partial charge in [-0.2, -0.15) is 13.7 Å². The summed E-state index contributed by atoms with van der Waals surface area (Å²) in [6.07, 6.45) is 0.0803. The van der Waals surface area contributed by atoms with Gasteiger partial charge in [0.25, 0.3) is 10.1 Å². The first-order chi connectivity index (χ1) is 41.3. The number of fused-ring (bicyclic) bond motifs is 3. The summed E-state index contributed by atoms with van der Waals surface area (Å²) < 4.78 is 45.7. The Balaban J connectivity index is 1.34. The van der Waals surface area contributed by atoms with Gasteiger partial charge in [-0.15, -0.1) is 22.7 Å². The lowest BCUT2D eigenvalue weighted by Crippen LogP contribution is -2.54. The summed E-state index contributed by atoms with van der Waals surface area (Å²) in [5.74, 6) is 0.0415. The van der Waals surface area contributed by atoms with E-state index in [1.165, 1.54) is 22.7 Å². The van der Waals surface area contributed by atoms with E-state index < -0.39 is 29.6 Å². The Labute approximate surface area is 494 Å². The summed E-state index contributed by atoms with van der Waals surface area (Å²) in [7, 11) is -4.20. The highest BCUT2D eigenvalue weighted by Crippen LogP contribution is 2.41. The fourth-order valence-corrected chi connectivity index (χ4v) is 13.9. The second-order valence-corrected chi connectivity index (χ2v) is 23.8. The largest absolute Gasteiger partial charge is 0.494 e. The molecule has 10 nitrogen and oxygen atoms in total. The molecule has 1 N–H and O–H groups in total. The van der Waals surface area contributed by atoms with E-state index in [0.29, 0.717) is 48.8 Å². The molecule has 13 aromatic rings. The van der Waals surface area contributed by atoms with Crippen molar-refractivity contribution in [1.82, 2.24) is 18.9 Å². The summed E-state index contributed by atoms with van der Waals surface area (Å²) in [6, 6.07) is 86.6. The number of para-hydroxylation sites is 2. The fraction of sp³-hybridized carbons (Fsp3) is 0.0435. The number of aromatic nitrogens is 4. The van der Waals surface area contributed by atoms with Gasteiger partial charge in [-0.25, -0.2) is 14.8 Å². The van der Waals surface area contributed by atoms with E-state index in [2.05, 4.69) is 105 Å². The molecule has 0 aliphatic rings. The molecule has 0 unspecified atom stereocenters. The lowest BCUT2D eigenvalue weighted by molar-refractivity contribution is 0.316. The fourth-order valence-electron chi connectivity index (χ4n) is 11.5. The Kier molecular flexibility index (Phi) is 14.8. The van der Waals surface area contributed by atoms with Crippen molar-refractivity contribution in [3.8, 4) is 45.5 Å². The van der Waals surface area contributed by atoms with Crippen LogP contribution in [0.5, 0.6) is 5.75 Å². The highest BCUT2D eigenvalue weighted by molar-refractivity contribution is 7.85. The molecule has 0 spiro atoms. The number of ether oxygens (including phenoxy) is 1. The van der Waals surface area contributed by atoms with E-state index >= 15 is 0 Å². The Morgan fingerprint density at radius 3 is 1.48 bits per heavy atom. The number of benzene rings is 9. The molecule has 0 fully saturated rings. The maximum atomic E-state index is 12.4. The number of thiazole rings is 2. The zero-order chi connectivity index (χ0) is 57.2. The summed E-state index contributed by atoms with van der Waals surface area (Å²) in [5.41, 5.74) is 11.0. The van der Waals surface area contributed by atoms with Crippen LogP contribution in [0.2, 0.25) is 0 Å². The molecule has 9 aromatic carbocycles. The molecule has 0 bridgehead atoms. The maximum absolute atomic E-state index is 12.4. The van der Waals surface area contributed by atoms with Crippen molar-refractivity contribution >= 4 is 111 Å². The van der Waals surface area contributed by atoms with Gasteiger partial charge in [0.1, 0.15) is 27.4 Å². The van der Waals surface area contributed by atoms with Crippen LogP contribution in [0.15, 0.2) is 249 Å².